The molecular formula is C15H15ClN2O4S. The van der Waals surface area contributed by atoms with Crippen LogP contribution in [0.2, 0.25) is 5.02 Å². The Kier molecular flexibility index (Phi) is 3.95. The molecule has 1 aliphatic carbocycles. The van der Waals surface area contributed by atoms with Gasteiger partial charge in [0.15, 0.2) is 0 Å². The van der Waals surface area contributed by atoms with E-state index in [2.05, 4.69) is 5.32 Å². The van der Waals surface area contributed by atoms with Gasteiger partial charge in [0.25, 0.3) is 15.9 Å². The van der Waals surface area contributed by atoms with E-state index in [1.165, 1.54) is 6.92 Å². The molecule has 3 rings (SSSR count). The Balaban J connectivity index is 1.83. The lowest BCUT2D eigenvalue weighted by atomic mass is 10.1. The van der Waals surface area contributed by atoms with Gasteiger partial charge in [0.05, 0.1) is 11.6 Å². The molecule has 23 heavy (non-hydrogen) atoms. The molecule has 0 fully saturated rings. The number of hydrogen-bond donors (Lipinski definition) is 2. The number of carbonyl (C=O) groups excluding carboxylic acids is 1. The first kappa shape index (κ1) is 16.0. The maximum Gasteiger partial charge on any atom is 0.271 e. The van der Waals surface area contributed by atoms with Gasteiger partial charge in [-0.1, -0.05) is 17.7 Å². The van der Waals surface area contributed by atoms with Crippen LogP contribution < -0.4 is 10.5 Å². The molecule has 2 aromatic rings. The van der Waals surface area contributed by atoms with Crippen LogP contribution in [0.3, 0.4) is 0 Å². The number of nitrogens with one attached hydrogen (secondary N) is 1. The van der Waals surface area contributed by atoms with Gasteiger partial charge in [-0.05, 0) is 43.0 Å². The van der Waals surface area contributed by atoms with E-state index in [4.69, 9.17) is 21.2 Å². The summed E-state index contributed by atoms with van der Waals surface area (Å²) in [6, 6.07) is 6.59. The van der Waals surface area contributed by atoms with Gasteiger partial charge in [0.1, 0.15) is 5.76 Å². The lowest BCUT2D eigenvalue weighted by Crippen LogP contribution is -2.27. The van der Waals surface area contributed by atoms with Crippen molar-refractivity contribution in [3.8, 4) is 0 Å². The Bertz CT molecular complexity index is 889. The van der Waals surface area contributed by atoms with Crippen LogP contribution in [0.4, 0.5) is 0 Å². The molecule has 0 radical (unpaired) electrons. The van der Waals surface area contributed by atoms with Crippen molar-refractivity contribution < 1.29 is 17.6 Å². The van der Waals surface area contributed by atoms with E-state index in [0.717, 1.165) is 30.0 Å². The number of benzene rings is 1. The molecule has 6 nitrogen and oxygen atoms in total. The highest BCUT2D eigenvalue weighted by Crippen LogP contribution is 2.33. The minimum atomic E-state index is -3.98. The molecule has 1 aromatic heterocycles. The highest BCUT2D eigenvalue weighted by molar-refractivity contribution is 7.89. The molecule has 0 spiro atoms. The second-order valence-electron chi connectivity index (χ2n) is 5.49. The quantitative estimate of drug-likeness (QED) is 0.882. The normalized spacial score (nSPS) is 17.1. The van der Waals surface area contributed by atoms with Crippen molar-refractivity contribution in [2.45, 2.75) is 30.9 Å². The molecule has 0 saturated carbocycles. The molecule has 1 amide bonds. The van der Waals surface area contributed by atoms with Crippen molar-refractivity contribution in [3.05, 3.63) is 51.7 Å². The molecule has 122 valence electrons. The first-order valence-electron chi connectivity index (χ1n) is 6.98. The summed E-state index contributed by atoms with van der Waals surface area (Å²) in [4.78, 5) is 12.4. The summed E-state index contributed by atoms with van der Waals surface area (Å²) in [5.74, 6) is -0.185. The summed E-state index contributed by atoms with van der Waals surface area (Å²) in [7, 11) is -3.98. The van der Waals surface area contributed by atoms with E-state index in [1.54, 1.807) is 6.07 Å². The standard InChI is InChI=1S/C15H15ClN2O4S/c1-8-12(7-14(22-8)23(17,20)21)15(19)18-13-5-2-9-6-10(16)3-4-11(9)13/h3-4,6-7,13H,2,5H2,1H3,(H,18,19)(H2,17,20,21)/t13-/m1/s1. The number of primary sulfonamides is 1. The summed E-state index contributed by atoms with van der Waals surface area (Å²) in [5, 5.41) is 8.16. The number of fused-ring (bicyclic) bond motifs is 1. The van der Waals surface area contributed by atoms with Gasteiger partial charge in [-0.3, -0.25) is 4.79 Å². The number of furan rings is 1. The maximum absolute atomic E-state index is 12.4. The van der Waals surface area contributed by atoms with Crippen molar-refractivity contribution in [2.24, 2.45) is 5.14 Å². The average molecular weight is 355 g/mol. The topological polar surface area (TPSA) is 102 Å². The zero-order chi connectivity index (χ0) is 16.8. The van der Waals surface area contributed by atoms with E-state index >= 15 is 0 Å². The van der Waals surface area contributed by atoms with Gasteiger partial charge in [-0.25, -0.2) is 13.6 Å². The van der Waals surface area contributed by atoms with Crippen molar-refractivity contribution in [3.63, 3.8) is 0 Å². The Labute approximate surface area is 138 Å². The van der Waals surface area contributed by atoms with Crippen molar-refractivity contribution in [2.75, 3.05) is 0 Å². The zero-order valence-electron chi connectivity index (χ0n) is 12.3. The number of hydrogen-bond acceptors (Lipinski definition) is 4. The van der Waals surface area contributed by atoms with Crippen LogP contribution >= 0.6 is 11.6 Å². The Hall–Kier alpha value is -1.83. The Morgan fingerprint density at radius 2 is 2.13 bits per heavy atom. The fraction of sp³-hybridized carbons (Fsp3) is 0.267. The number of halogens is 1. The molecule has 1 heterocycles. The second-order valence-corrected chi connectivity index (χ2v) is 7.42. The number of aryl methyl sites for hydroxylation is 2. The number of carbonyl (C=O) groups is 1. The molecule has 1 aliphatic rings. The zero-order valence-corrected chi connectivity index (χ0v) is 13.9. The van der Waals surface area contributed by atoms with Crippen LogP contribution in [-0.2, 0) is 16.4 Å². The molecule has 0 saturated heterocycles. The van der Waals surface area contributed by atoms with Crippen LogP contribution in [0.25, 0.3) is 0 Å². The molecule has 1 atom stereocenters. The third kappa shape index (κ3) is 3.12. The molecule has 3 N–H and O–H groups in total. The van der Waals surface area contributed by atoms with Crippen molar-refractivity contribution in [1.82, 2.24) is 5.32 Å². The van der Waals surface area contributed by atoms with E-state index in [-0.39, 0.29) is 17.4 Å². The molecule has 0 unspecified atom stereocenters. The minimum Gasteiger partial charge on any atom is -0.448 e. The largest absolute Gasteiger partial charge is 0.448 e. The van der Waals surface area contributed by atoms with E-state index < -0.39 is 21.0 Å². The van der Waals surface area contributed by atoms with Crippen LogP contribution in [0.15, 0.2) is 33.8 Å². The highest BCUT2D eigenvalue weighted by Gasteiger charge is 2.27. The second kappa shape index (κ2) is 5.67. The fourth-order valence-corrected chi connectivity index (χ4v) is 3.51. The summed E-state index contributed by atoms with van der Waals surface area (Å²) in [6.45, 7) is 1.52. The number of rotatable bonds is 3. The fourth-order valence-electron chi connectivity index (χ4n) is 2.79. The predicted molar refractivity (Wildman–Crippen MR) is 84.8 cm³/mol. The highest BCUT2D eigenvalue weighted by atomic mass is 35.5. The number of nitrogens with two attached hydrogens (primary N) is 1. The summed E-state index contributed by atoms with van der Waals surface area (Å²) in [5.41, 5.74) is 2.30. The van der Waals surface area contributed by atoms with Crippen molar-refractivity contribution >= 4 is 27.5 Å². The predicted octanol–water partition coefficient (Wildman–Crippen LogP) is 2.31. The first-order chi connectivity index (χ1) is 10.8. The van der Waals surface area contributed by atoms with E-state index in [9.17, 15) is 13.2 Å². The molecule has 1 aromatic carbocycles. The van der Waals surface area contributed by atoms with Gasteiger partial charge in [-0.15, -0.1) is 0 Å². The summed E-state index contributed by atoms with van der Waals surface area (Å²) in [6.07, 6.45) is 1.59. The molecule has 0 bridgehead atoms. The first-order valence-corrected chi connectivity index (χ1v) is 8.90. The molecule has 0 aliphatic heterocycles. The maximum atomic E-state index is 12.4. The third-order valence-corrected chi connectivity index (χ3v) is 4.91. The average Bonchev–Trinajstić information content (AvgIpc) is 3.02. The smallest absolute Gasteiger partial charge is 0.271 e. The van der Waals surface area contributed by atoms with Crippen LogP contribution in [0.1, 0.15) is 39.7 Å². The third-order valence-electron chi connectivity index (χ3n) is 3.91. The molecular weight excluding hydrogens is 340 g/mol. The van der Waals surface area contributed by atoms with Gasteiger partial charge >= 0.3 is 0 Å². The lowest BCUT2D eigenvalue weighted by Gasteiger charge is -2.13. The van der Waals surface area contributed by atoms with Gasteiger partial charge in [0, 0.05) is 11.1 Å². The monoisotopic (exact) mass is 354 g/mol. The summed E-state index contributed by atoms with van der Waals surface area (Å²) >= 11 is 5.97. The van der Waals surface area contributed by atoms with Crippen LogP contribution in [0, 0.1) is 6.92 Å². The van der Waals surface area contributed by atoms with Gasteiger partial charge in [-0.2, -0.15) is 0 Å². The summed E-state index contributed by atoms with van der Waals surface area (Å²) < 4.78 is 27.7. The minimum absolute atomic E-state index is 0.137. The lowest BCUT2D eigenvalue weighted by molar-refractivity contribution is 0.0935. The Morgan fingerprint density at radius 1 is 1.39 bits per heavy atom. The Morgan fingerprint density at radius 3 is 2.78 bits per heavy atom. The molecule has 8 heteroatoms. The van der Waals surface area contributed by atoms with Crippen LogP contribution in [-0.4, -0.2) is 14.3 Å². The van der Waals surface area contributed by atoms with Gasteiger partial charge < -0.3 is 9.73 Å². The van der Waals surface area contributed by atoms with E-state index in [1.807, 2.05) is 12.1 Å². The number of sulfonamides is 1. The van der Waals surface area contributed by atoms with Crippen LogP contribution in [0.5, 0.6) is 0 Å². The van der Waals surface area contributed by atoms with Gasteiger partial charge in [0.2, 0.25) is 5.09 Å². The SMILES string of the molecule is Cc1oc(S(N)(=O)=O)cc1C(=O)N[C@@H]1CCc2cc(Cl)ccc21. The number of amides is 1. The van der Waals surface area contributed by atoms with E-state index in [0.29, 0.717) is 5.02 Å². The van der Waals surface area contributed by atoms with Crippen molar-refractivity contribution in [1.29, 1.82) is 0 Å².